The number of carbonyl (C=O) groups excluding carboxylic acids is 1. The second-order valence-corrected chi connectivity index (χ2v) is 21.8. The van der Waals surface area contributed by atoms with E-state index in [0.29, 0.717) is 16.5 Å². The second-order valence-electron chi connectivity index (χ2n) is 8.69. The van der Waals surface area contributed by atoms with Gasteiger partial charge in [-0.3, -0.25) is 0 Å². The molecule has 0 radical (unpaired) electrons. The van der Waals surface area contributed by atoms with Gasteiger partial charge < -0.3 is 0 Å². The van der Waals surface area contributed by atoms with Crippen molar-refractivity contribution in [3.63, 3.8) is 0 Å². The third-order valence-electron chi connectivity index (χ3n) is 6.54. The summed E-state index contributed by atoms with van der Waals surface area (Å²) in [6, 6.07) is 1.92. The molecule has 0 atom stereocenters. The van der Waals surface area contributed by atoms with E-state index in [1.54, 1.807) is 13.2 Å². The van der Waals surface area contributed by atoms with Crippen LogP contribution in [0.1, 0.15) is 87.7 Å². The summed E-state index contributed by atoms with van der Waals surface area (Å²) in [5.41, 5.74) is 3.13. The van der Waals surface area contributed by atoms with E-state index < -0.39 is 18.4 Å². The summed E-state index contributed by atoms with van der Waals surface area (Å²) in [7, 11) is 0. The van der Waals surface area contributed by atoms with Crippen LogP contribution >= 0.6 is 0 Å². The molecule has 0 bridgehead atoms. The first-order valence-corrected chi connectivity index (χ1v) is 18.9. The van der Waals surface area contributed by atoms with Crippen molar-refractivity contribution in [1.29, 1.82) is 0 Å². The van der Waals surface area contributed by atoms with E-state index in [1.807, 2.05) is 19.9 Å². The van der Waals surface area contributed by atoms with Crippen molar-refractivity contribution in [2.45, 2.75) is 93.4 Å². The standard InChI is InChI=1S/C13H11O3.3C4H9.Sn/c1-7-6-11-13(10(15)4-5-16-11)12(8(7)2)9(3)14;3*1-3-4-2;/h5-6H,1-3H3;3*1,3-4H2,2H3;. The number of aryl methyl sites for hydroxylation is 1. The maximum absolute atomic E-state index is 13.9. The Bertz CT molecular complexity index is 889. The number of Topliss-reactive ketones (excluding diaryl/α,β-unsaturated/α-hetero) is 1. The topological polar surface area (TPSA) is 47.3 Å². The Morgan fingerprint density at radius 3 is 1.93 bits per heavy atom. The zero-order chi connectivity index (χ0) is 21.6. The van der Waals surface area contributed by atoms with Crippen LogP contribution in [0.3, 0.4) is 0 Å². The van der Waals surface area contributed by atoms with Crippen molar-refractivity contribution in [1.82, 2.24) is 0 Å². The molecule has 3 nitrogen and oxygen atoms in total. The van der Waals surface area contributed by atoms with Crippen LogP contribution in [0, 0.1) is 13.8 Å². The normalized spacial score (nSPS) is 11.9. The quantitative estimate of drug-likeness (QED) is 0.253. The van der Waals surface area contributed by atoms with Crippen LogP contribution in [0.25, 0.3) is 11.0 Å². The molecule has 4 heteroatoms. The summed E-state index contributed by atoms with van der Waals surface area (Å²) < 4.78 is 10.7. The summed E-state index contributed by atoms with van der Waals surface area (Å²) in [5, 5.41) is 0.531. The molecule has 1 aromatic heterocycles. The average Bonchev–Trinajstić information content (AvgIpc) is 2.69. The van der Waals surface area contributed by atoms with Crippen LogP contribution in [-0.2, 0) is 0 Å². The van der Waals surface area contributed by atoms with E-state index in [4.69, 9.17) is 4.42 Å². The van der Waals surface area contributed by atoms with Gasteiger partial charge in [-0.1, -0.05) is 0 Å². The number of hydrogen-bond donors (Lipinski definition) is 0. The van der Waals surface area contributed by atoms with Crippen LogP contribution in [0.5, 0.6) is 0 Å². The average molecular weight is 505 g/mol. The van der Waals surface area contributed by atoms with E-state index in [9.17, 15) is 9.59 Å². The van der Waals surface area contributed by atoms with Crippen molar-refractivity contribution in [2.24, 2.45) is 0 Å². The minimum absolute atomic E-state index is 0.0443. The van der Waals surface area contributed by atoms with Crippen LogP contribution in [0.4, 0.5) is 0 Å². The maximum atomic E-state index is 13.9. The number of hydrogen-bond acceptors (Lipinski definition) is 3. The van der Waals surface area contributed by atoms with Crippen LogP contribution in [-0.4, -0.2) is 24.2 Å². The summed E-state index contributed by atoms with van der Waals surface area (Å²) in [6.07, 6.45) is 8.85. The molecule has 0 spiro atoms. The van der Waals surface area contributed by atoms with Gasteiger partial charge in [-0.25, -0.2) is 0 Å². The van der Waals surface area contributed by atoms with Crippen molar-refractivity contribution in [3.8, 4) is 0 Å². The van der Waals surface area contributed by atoms with Crippen LogP contribution in [0.15, 0.2) is 21.5 Å². The first kappa shape index (κ1) is 24.2. The molecule has 160 valence electrons. The number of benzene rings is 1. The summed E-state index contributed by atoms with van der Waals surface area (Å²) in [6.45, 7) is 12.2. The predicted molar refractivity (Wildman–Crippen MR) is 126 cm³/mol. The van der Waals surface area contributed by atoms with E-state index in [-0.39, 0.29) is 11.2 Å². The second kappa shape index (κ2) is 10.8. The Balaban J connectivity index is 2.82. The molecule has 0 unspecified atom stereocenters. The molecule has 0 aliphatic carbocycles. The third kappa shape index (κ3) is 5.15. The molecule has 0 amide bonds. The SMILES string of the molecule is CCC[CH2][Sn]([CH2]CCC)([CH2]CCC)[c]1coc2cc(C)c(C)c(C(C)=O)c2c1=O. The van der Waals surface area contributed by atoms with Gasteiger partial charge in [0.1, 0.15) is 0 Å². The third-order valence-corrected chi connectivity index (χ3v) is 22.0. The number of fused-ring (bicyclic) bond motifs is 1. The molecule has 0 N–H and O–H groups in total. The minimum atomic E-state index is -2.94. The zero-order valence-electron chi connectivity index (χ0n) is 19.2. The van der Waals surface area contributed by atoms with E-state index >= 15 is 0 Å². The molecule has 1 aromatic carbocycles. The Labute approximate surface area is 180 Å². The summed E-state index contributed by atoms with van der Waals surface area (Å²) >= 11 is -2.94. The van der Waals surface area contributed by atoms with Gasteiger partial charge in [0.2, 0.25) is 0 Å². The summed E-state index contributed by atoms with van der Waals surface area (Å²) in [5.74, 6) is -0.0443. The molecule has 0 saturated carbocycles. The van der Waals surface area contributed by atoms with E-state index in [0.717, 1.165) is 34.0 Å². The monoisotopic (exact) mass is 506 g/mol. The first-order chi connectivity index (χ1) is 13.8. The molecule has 2 rings (SSSR count). The number of carbonyl (C=O) groups is 1. The van der Waals surface area contributed by atoms with Gasteiger partial charge in [0.15, 0.2) is 0 Å². The molecular weight excluding hydrogens is 467 g/mol. The zero-order valence-corrected chi connectivity index (χ0v) is 22.1. The van der Waals surface area contributed by atoms with Crippen molar-refractivity contribution >= 4 is 38.7 Å². The number of rotatable bonds is 11. The van der Waals surface area contributed by atoms with E-state index in [2.05, 4.69) is 20.8 Å². The number of ketones is 1. The first-order valence-electron chi connectivity index (χ1n) is 11.4. The van der Waals surface area contributed by atoms with Crippen LogP contribution in [0.2, 0.25) is 13.3 Å². The Kier molecular flexibility index (Phi) is 8.99. The molecule has 0 aliphatic rings. The fourth-order valence-electron chi connectivity index (χ4n) is 4.64. The molecule has 1 heterocycles. The Morgan fingerprint density at radius 1 is 0.966 bits per heavy atom. The van der Waals surface area contributed by atoms with Gasteiger partial charge in [0, 0.05) is 0 Å². The fourth-order valence-corrected chi connectivity index (χ4v) is 20.5. The van der Waals surface area contributed by atoms with Gasteiger partial charge in [-0.15, -0.1) is 0 Å². The Morgan fingerprint density at radius 2 is 1.48 bits per heavy atom. The van der Waals surface area contributed by atoms with Gasteiger partial charge in [0.05, 0.1) is 0 Å². The van der Waals surface area contributed by atoms with Gasteiger partial charge >= 0.3 is 181 Å². The molecule has 0 aliphatic heterocycles. The van der Waals surface area contributed by atoms with Crippen LogP contribution < -0.4 is 9.01 Å². The number of unbranched alkanes of at least 4 members (excludes halogenated alkanes) is 3. The van der Waals surface area contributed by atoms with Crippen molar-refractivity contribution < 1.29 is 9.21 Å². The van der Waals surface area contributed by atoms with Gasteiger partial charge in [0.25, 0.3) is 0 Å². The molecular formula is C25H38O3Sn. The van der Waals surface area contributed by atoms with Crippen molar-refractivity contribution in [3.05, 3.63) is 39.2 Å². The molecule has 0 saturated heterocycles. The molecule has 0 fully saturated rings. The molecule has 29 heavy (non-hydrogen) atoms. The fraction of sp³-hybridized carbons (Fsp3) is 0.600. The predicted octanol–water partition coefficient (Wildman–Crippen LogP) is 6.67. The van der Waals surface area contributed by atoms with E-state index in [1.165, 1.54) is 32.6 Å². The molecule has 2 aromatic rings. The van der Waals surface area contributed by atoms with Gasteiger partial charge in [-0.2, -0.15) is 0 Å². The Hall–Kier alpha value is -1.10. The van der Waals surface area contributed by atoms with Crippen molar-refractivity contribution in [2.75, 3.05) is 0 Å². The summed E-state index contributed by atoms with van der Waals surface area (Å²) in [4.78, 5) is 26.4. The van der Waals surface area contributed by atoms with Gasteiger partial charge in [-0.05, 0) is 0 Å².